The third-order valence-corrected chi connectivity index (χ3v) is 3.16. The summed E-state index contributed by atoms with van der Waals surface area (Å²) in [6.07, 6.45) is -1.25. The van der Waals surface area contributed by atoms with E-state index in [1.54, 1.807) is 12.3 Å². The molecule has 0 aromatic carbocycles. The molecule has 0 aliphatic heterocycles. The van der Waals surface area contributed by atoms with Gasteiger partial charge >= 0.3 is 6.18 Å². The summed E-state index contributed by atoms with van der Waals surface area (Å²) in [5, 5.41) is 5.40. The molecular formula is C10H10F3N5OS. The molecule has 1 atom stereocenters. The number of hydrogen-bond donors (Lipinski definition) is 1. The summed E-state index contributed by atoms with van der Waals surface area (Å²) in [5.74, 6) is -0.364. The Balaban J connectivity index is 1.96. The van der Waals surface area contributed by atoms with Gasteiger partial charge in [0.25, 0.3) is 5.78 Å². The van der Waals surface area contributed by atoms with E-state index < -0.39 is 23.9 Å². The van der Waals surface area contributed by atoms with Crippen molar-refractivity contribution in [1.29, 1.82) is 0 Å². The van der Waals surface area contributed by atoms with E-state index >= 15 is 0 Å². The average molecular weight is 305 g/mol. The Labute approximate surface area is 115 Å². The predicted molar refractivity (Wildman–Crippen MR) is 65.2 cm³/mol. The summed E-state index contributed by atoms with van der Waals surface area (Å²) in [6.45, 7) is 0.131. The summed E-state index contributed by atoms with van der Waals surface area (Å²) in [4.78, 5) is 19.5. The van der Waals surface area contributed by atoms with Gasteiger partial charge in [-0.3, -0.25) is 4.79 Å². The van der Waals surface area contributed by atoms with Crippen LogP contribution < -0.4 is 5.32 Å². The monoisotopic (exact) mass is 305 g/mol. The third kappa shape index (κ3) is 3.83. The van der Waals surface area contributed by atoms with Crippen LogP contribution in [0.4, 0.5) is 13.2 Å². The van der Waals surface area contributed by atoms with Crippen LogP contribution in [0.25, 0.3) is 5.78 Å². The van der Waals surface area contributed by atoms with Gasteiger partial charge in [0.1, 0.15) is 6.54 Å². The van der Waals surface area contributed by atoms with Gasteiger partial charge in [0.05, 0.1) is 5.25 Å². The normalized spacial score (nSPS) is 13.4. The predicted octanol–water partition coefficient (Wildman–Crippen LogP) is 1.28. The number of thioether (sulfide) groups is 1. The van der Waals surface area contributed by atoms with Crippen LogP contribution in [0.3, 0.4) is 0 Å². The van der Waals surface area contributed by atoms with E-state index in [0.717, 1.165) is 11.8 Å². The Morgan fingerprint density at radius 1 is 1.55 bits per heavy atom. The molecule has 2 heterocycles. The van der Waals surface area contributed by atoms with Crippen molar-refractivity contribution >= 4 is 23.4 Å². The molecule has 10 heteroatoms. The summed E-state index contributed by atoms with van der Waals surface area (Å²) < 4.78 is 37.4. The van der Waals surface area contributed by atoms with Gasteiger partial charge in [-0.2, -0.15) is 18.2 Å². The van der Waals surface area contributed by atoms with Crippen molar-refractivity contribution in [1.82, 2.24) is 24.9 Å². The second-order valence-electron chi connectivity index (χ2n) is 3.85. The van der Waals surface area contributed by atoms with Gasteiger partial charge in [0, 0.05) is 12.4 Å². The van der Waals surface area contributed by atoms with Gasteiger partial charge in [0.2, 0.25) is 11.1 Å². The van der Waals surface area contributed by atoms with Crippen LogP contribution in [-0.2, 0) is 4.79 Å². The van der Waals surface area contributed by atoms with E-state index in [-0.39, 0.29) is 5.16 Å². The van der Waals surface area contributed by atoms with Gasteiger partial charge in [-0.25, -0.2) is 9.50 Å². The zero-order valence-corrected chi connectivity index (χ0v) is 11.1. The number of halogens is 3. The van der Waals surface area contributed by atoms with Gasteiger partial charge in [-0.15, -0.1) is 5.10 Å². The van der Waals surface area contributed by atoms with E-state index in [2.05, 4.69) is 15.1 Å². The number of carbonyl (C=O) groups is 1. The van der Waals surface area contributed by atoms with Crippen LogP contribution in [0.15, 0.2) is 23.6 Å². The van der Waals surface area contributed by atoms with E-state index in [1.165, 1.54) is 17.6 Å². The minimum Gasteiger partial charge on any atom is -0.346 e. The van der Waals surface area contributed by atoms with Crippen LogP contribution in [0.5, 0.6) is 0 Å². The van der Waals surface area contributed by atoms with Crippen molar-refractivity contribution in [3.8, 4) is 0 Å². The summed E-state index contributed by atoms with van der Waals surface area (Å²) in [5.41, 5.74) is 0. The number of aromatic nitrogens is 4. The fourth-order valence-corrected chi connectivity index (χ4v) is 2.08. The SMILES string of the molecule is CC(Sc1nc2ncccn2n1)C(=O)NCC(F)(F)F. The van der Waals surface area contributed by atoms with E-state index in [9.17, 15) is 18.0 Å². The number of amides is 1. The molecule has 0 aliphatic carbocycles. The minimum atomic E-state index is -4.43. The first-order chi connectivity index (χ1) is 9.35. The molecule has 0 saturated heterocycles. The third-order valence-electron chi connectivity index (χ3n) is 2.21. The number of nitrogens with zero attached hydrogens (tertiary/aromatic N) is 4. The maximum Gasteiger partial charge on any atom is 0.405 e. The van der Waals surface area contributed by atoms with E-state index in [1.807, 2.05) is 5.32 Å². The molecule has 1 amide bonds. The molecule has 1 unspecified atom stereocenters. The number of alkyl halides is 3. The molecule has 0 bridgehead atoms. The number of hydrogen-bond acceptors (Lipinski definition) is 5. The quantitative estimate of drug-likeness (QED) is 0.862. The highest BCUT2D eigenvalue weighted by molar-refractivity contribution is 8.00. The molecule has 0 aliphatic rings. The molecule has 1 N–H and O–H groups in total. The topological polar surface area (TPSA) is 72.2 Å². The molecule has 6 nitrogen and oxygen atoms in total. The van der Waals surface area contributed by atoms with Crippen molar-refractivity contribution in [2.75, 3.05) is 6.54 Å². The molecule has 2 aromatic rings. The number of nitrogens with one attached hydrogen (secondary N) is 1. The lowest BCUT2D eigenvalue weighted by atomic mass is 10.4. The fourth-order valence-electron chi connectivity index (χ4n) is 1.31. The van der Waals surface area contributed by atoms with Crippen molar-refractivity contribution in [2.24, 2.45) is 0 Å². The lowest BCUT2D eigenvalue weighted by molar-refractivity contribution is -0.137. The Kier molecular flexibility index (Phi) is 4.12. The van der Waals surface area contributed by atoms with Gasteiger partial charge < -0.3 is 5.32 Å². The molecule has 2 aromatic heterocycles. The number of rotatable bonds is 4. The van der Waals surface area contributed by atoms with Crippen LogP contribution >= 0.6 is 11.8 Å². The Hall–Kier alpha value is -1.84. The second kappa shape index (κ2) is 5.65. The Morgan fingerprint density at radius 3 is 2.95 bits per heavy atom. The van der Waals surface area contributed by atoms with Crippen LogP contribution in [-0.4, -0.2) is 43.5 Å². The Bertz CT molecular complexity index is 581. The summed E-state index contributed by atoms with van der Waals surface area (Å²) in [6, 6.07) is 1.66. The maximum atomic E-state index is 12.0. The molecular weight excluding hydrogens is 295 g/mol. The minimum absolute atomic E-state index is 0.276. The second-order valence-corrected chi connectivity index (χ2v) is 5.16. The van der Waals surface area contributed by atoms with Crippen molar-refractivity contribution < 1.29 is 18.0 Å². The molecule has 0 radical (unpaired) electrons. The maximum absolute atomic E-state index is 12.0. The van der Waals surface area contributed by atoms with Crippen molar-refractivity contribution in [3.05, 3.63) is 18.5 Å². The van der Waals surface area contributed by atoms with Gasteiger partial charge in [-0.1, -0.05) is 11.8 Å². The molecule has 0 spiro atoms. The molecule has 0 fully saturated rings. The highest BCUT2D eigenvalue weighted by atomic mass is 32.2. The average Bonchev–Trinajstić information content (AvgIpc) is 2.76. The fraction of sp³-hybridized carbons (Fsp3) is 0.400. The number of carbonyl (C=O) groups excluding carboxylic acids is 1. The van der Waals surface area contributed by atoms with Gasteiger partial charge in [-0.05, 0) is 13.0 Å². The van der Waals surface area contributed by atoms with E-state index in [0.29, 0.717) is 5.78 Å². The molecule has 20 heavy (non-hydrogen) atoms. The lowest BCUT2D eigenvalue weighted by Gasteiger charge is -2.11. The first-order valence-corrected chi connectivity index (χ1v) is 6.41. The highest BCUT2D eigenvalue weighted by Crippen LogP contribution is 2.20. The first-order valence-electron chi connectivity index (χ1n) is 5.54. The summed E-state index contributed by atoms with van der Waals surface area (Å²) in [7, 11) is 0. The van der Waals surface area contributed by atoms with Crippen LogP contribution in [0.2, 0.25) is 0 Å². The zero-order valence-electron chi connectivity index (χ0n) is 10.3. The molecule has 0 saturated carbocycles. The highest BCUT2D eigenvalue weighted by Gasteiger charge is 2.29. The zero-order chi connectivity index (χ0) is 14.8. The van der Waals surface area contributed by atoms with Crippen molar-refractivity contribution in [3.63, 3.8) is 0 Å². The van der Waals surface area contributed by atoms with Crippen LogP contribution in [0, 0.1) is 0 Å². The van der Waals surface area contributed by atoms with Crippen LogP contribution in [0.1, 0.15) is 6.92 Å². The number of fused-ring (bicyclic) bond motifs is 1. The lowest BCUT2D eigenvalue weighted by Crippen LogP contribution is -2.38. The summed E-state index contributed by atoms with van der Waals surface area (Å²) >= 11 is 0.966. The smallest absolute Gasteiger partial charge is 0.346 e. The molecule has 108 valence electrons. The first kappa shape index (κ1) is 14.6. The standard InChI is InChI=1S/C10H10F3N5OS/c1-6(7(19)15-5-10(11,12)13)20-9-16-8-14-3-2-4-18(8)17-9/h2-4,6H,5H2,1H3,(H,15,19). The largest absolute Gasteiger partial charge is 0.405 e. The van der Waals surface area contributed by atoms with Crippen molar-refractivity contribution in [2.45, 2.75) is 23.5 Å². The molecule has 2 rings (SSSR count). The van der Waals surface area contributed by atoms with Gasteiger partial charge in [0.15, 0.2) is 0 Å². The van der Waals surface area contributed by atoms with E-state index in [4.69, 9.17) is 0 Å². The Morgan fingerprint density at radius 2 is 2.30 bits per heavy atom.